The number of aryl methyl sites for hydroxylation is 2. The standard InChI is InChI=1S/C16H17O3P/c1-12-7-3-5-9-14(12)20(19,11-16(17)18)15-10-6-4-8-13(15)2/h3-10H,11H2,1-2H3,(H,17,18). The van der Waals surface area contributed by atoms with Crippen LogP contribution in [0.5, 0.6) is 0 Å². The van der Waals surface area contributed by atoms with Crippen molar-refractivity contribution >= 4 is 23.7 Å². The third kappa shape index (κ3) is 2.68. The second-order valence-electron chi connectivity index (χ2n) is 4.86. The highest BCUT2D eigenvalue weighted by Crippen LogP contribution is 2.44. The lowest BCUT2D eigenvalue weighted by Gasteiger charge is -2.21. The summed E-state index contributed by atoms with van der Waals surface area (Å²) in [6.45, 7) is 3.73. The Kier molecular flexibility index (Phi) is 4.10. The van der Waals surface area contributed by atoms with Crippen molar-refractivity contribution in [3.63, 3.8) is 0 Å². The highest BCUT2D eigenvalue weighted by molar-refractivity contribution is 7.79. The number of hydrogen-bond donors (Lipinski definition) is 1. The van der Waals surface area contributed by atoms with Gasteiger partial charge in [-0.1, -0.05) is 48.5 Å². The summed E-state index contributed by atoms with van der Waals surface area (Å²) in [5.41, 5.74) is 1.72. The fourth-order valence-corrected chi connectivity index (χ4v) is 5.35. The minimum Gasteiger partial charge on any atom is -0.481 e. The van der Waals surface area contributed by atoms with Crippen molar-refractivity contribution < 1.29 is 14.5 Å². The molecule has 0 aliphatic heterocycles. The molecular formula is C16H17O3P. The minimum absolute atomic E-state index is 0.358. The molecule has 0 unspecified atom stereocenters. The third-order valence-electron chi connectivity index (χ3n) is 3.37. The molecule has 2 rings (SSSR count). The Bertz CT molecular complexity index is 642. The van der Waals surface area contributed by atoms with Gasteiger partial charge in [-0.15, -0.1) is 0 Å². The summed E-state index contributed by atoms with van der Waals surface area (Å²) >= 11 is 0. The Hall–Kier alpha value is -1.86. The van der Waals surface area contributed by atoms with Crippen molar-refractivity contribution in [1.82, 2.24) is 0 Å². The number of benzene rings is 2. The highest BCUT2D eigenvalue weighted by atomic mass is 31.2. The van der Waals surface area contributed by atoms with Crippen LogP contribution in [0.1, 0.15) is 11.1 Å². The first-order valence-corrected chi connectivity index (χ1v) is 8.27. The van der Waals surface area contributed by atoms with E-state index in [0.717, 1.165) is 11.1 Å². The van der Waals surface area contributed by atoms with Gasteiger partial charge in [-0.25, -0.2) is 0 Å². The third-order valence-corrected chi connectivity index (χ3v) is 6.64. The normalized spacial score (nSPS) is 11.3. The summed E-state index contributed by atoms with van der Waals surface area (Å²) in [6, 6.07) is 14.6. The van der Waals surface area contributed by atoms with Crippen molar-refractivity contribution in [3.05, 3.63) is 59.7 Å². The lowest BCUT2D eigenvalue weighted by molar-refractivity contribution is -0.134. The molecule has 2 aromatic rings. The molecule has 0 spiro atoms. The average molecular weight is 288 g/mol. The Morgan fingerprint density at radius 3 is 1.70 bits per heavy atom. The van der Waals surface area contributed by atoms with Crippen LogP contribution in [0.4, 0.5) is 0 Å². The van der Waals surface area contributed by atoms with E-state index in [1.54, 1.807) is 24.3 Å². The van der Waals surface area contributed by atoms with Crippen molar-refractivity contribution in [1.29, 1.82) is 0 Å². The highest BCUT2D eigenvalue weighted by Gasteiger charge is 2.32. The number of rotatable bonds is 4. The first-order chi connectivity index (χ1) is 9.45. The Balaban J connectivity index is 2.70. The smallest absolute Gasteiger partial charge is 0.311 e. The van der Waals surface area contributed by atoms with Crippen molar-refractivity contribution in [2.75, 3.05) is 6.16 Å². The number of carbonyl (C=O) groups is 1. The quantitative estimate of drug-likeness (QED) is 0.880. The van der Waals surface area contributed by atoms with Crippen LogP contribution in [0.2, 0.25) is 0 Å². The largest absolute Gasteiger partial charge is 0.481 e. The SMILES string of the molecule is Cc1ccccc1P(=O)(CC(=O)O)c1ccccc1C. The van der Waals surface area contributed by atoms with E-state index in [0.29, 0.717) is 10.6 Å². The van der Waals surface area contributed by atoms with Crippen molar-refractivity contribution in [3.8, 4) is 0 Å². The molecule has 0 aromatic heterocycles. The summed E-state index contributed by atoms with van der Waals surface area (Å²) in [4.78, 5) is 11.2. The molecule has 0 heterocycles. The van der Waals surface area contributed by atoms with Crippen LogP contribution in [0.3, 0.4) is 0 Å². The van der Waals surface area contributed by atoms with E-state index in [2.05, 4.69) is 0 Å². The van der Waals surface area contributed by atoms with Gasteiger partial charge in [0, 0.05) is 10.6 Å². The zero-order valence-corrected chi connectivity index (χ0v) is 12.4. The van der Waals surface area contributed by atoms with Gasteiger partial charge in [0.1, 0.15) is 6.16 Å². The molecule has 0 radical (unpaired) electrons. The fourth-order valence-electron chi connectivity index (χ4n) is 2.43. The van der Waals surface area contributed by atoms with Crippen LogP contribution in [-0.4, -0.2) is 17.2 Å². The van der Waals surface area contributed by atoms with E-state index < -0.39 is 13.1 Å². The monoisotopic (exact) mass is 288 g/mol. The molecule has 0 saturated carbocycles. The second-order valence-corrected chi connectivity index (χ2v) is 7.62. The molecule has 0 saturated heterocycles. The van der Waals surface area contributed by atoms with Crippen LogP contribution >= 0.6 is 7.14 Å². The van der Waals surface area contributed by atoms with Crippen molar-refractivity contribution in [2.45, 2.75) is 13.8 Å². The van der Waals surface area contributed by atoms with Gasteiger partial charge >= 0.3 is 5.97 Å². The summed E-state index contributed by atoms with van der Waals surface area (Å²) in [5, 5.41) is 10.5. The second kappa shape index (κ2) is 5.64. The minimum atomic E-state index is -3.15. The van der Waals surface area contributed by atoms with Gasteiger partial charge in [0.05, 0.1) is 0 Å². The van der Waals surface area contributed by atoms with E-state index in [-0.39, 0.29) is 6.16 Å². The lowest BCUT2D eigenvalue weighted by Crippen LogP contribution is -2.25. The van der Waals surface area contributed by atoms with Gasteiger partial charge < -0.3 is 9.67 Å². The summed E-state index contributed by atoms with van der Waals surface area (Å²) in [6.07, 6.45) is -0.358. The van der Waals surface area contributed by atoms with Crippen LogP contribution in [0, 0.1) is 13.8 Å². The molecule has 0 aliphatic carbocycles. The molecule has 3 nitrogen and oxygen atoms in total. The van der Waals surface area contributed by atoms with Crippen molar-refractivity contribution in [2.24, 2.45) is 0 Å². The lowest BCUT2D eigenvalue weighted by atomic mass is 10.2. The number of carboxylic acids is 1. The number of carboxylic acid groups (broad SMARTS) is 1. The Morgan fingerprint density at radius 2 is 1.35 bits per heavy atom. The molecule has 0 atom stereocenters. The van der Waals surface area contributed by atoms with Gasteiger partial charge in [0.25, 0.3) is 0 Å². The molecular weight excluding hydrogens is 271 g/mol. The van der Waals surface area contributed by atoms with E-state index in [4.69, 9.17) is 0 Å². The molecule has 0 amide bonds. The fraction of sp³-hybridized carbons (Fsp3) is 0.188. The maximum atomic E-state index is 13.5. The first-order valence-electron chi connectivity index (χ1n) is 6.38. The molecule has 20 heavy (non-hydrogen) atoms. The topological polar surface area (TPSA) is 54.4 Å². The van der Waals surface area contributed by atoms with Gasteiger partial charge in [-0.3, -0.25) is 4.79 Å². The van der Waals surface area contributed by atoms with Gasteiger partial charge in [0.2, 0.25) is 0 Å². The zero-order valence-electron chi connectivity index (χ0n) is 11.5. The van der Waals surface area contributed by atoms with E-state index in [9.17, 15) is 14.5 Å². The van der Waals surface area contributed by atoms with E-state index in [1.807, 2.05) is 38.1 Å². The Labute approximate surface area is 118 Å². The molecule has 1 N–H and O–H groups in total. The van der Waals surface area contributed by atoms with Crippen LogP contribution in [-0.2, 0) is 9.36 Å². The molecule has 104 valence electrons. The maximum absolute atomic E-state index is 13.5. The van der Waals surface area contributed by atoms with Crippen LogP contribution in [0.25, 0.3) is 0 Å². The van der Waals surface area contributed by atoms with E-state index in [1.165, 1.54) is 0 Å². The molecule has 0 fully saturated rings. The predicted molar refractivity (Wildman–Crippen MR) is 81.7 cm³/mol. The first kappa shape index (κ1) is 14.5. The number of aliphatic carboxylic acids is 1. The molecule has 2 aromatic carbocycles. The summed E-state index contributed by atoms with van der Waals surface area (Å²) < 4.78 is 13.5. The maximum Gasteiger partial charge on any atom is 0.311 e. The van der Waals surface area contributed by atoms with Gasteiger partial charge in [0.15, 0.2) is 7.14 Å². The number of hydrogen-bond acceptors (Lipinski definition) is 2. The van der Waals surface area contributed by atoms with E-state index >= 15 is 0 Å². The van der Waals surface area contributed by atoms with Gasteiger partial charge in [-0.2, -0.15) is 0 Å². The zero-order chi connectivity index (χ0) is 14.8. The summed E-state index contributed by atoms with van der Waals surface area (Å²) in [5.74, 6) is -1.04. The molecule has 4 heteroatoms. The predicted octanol–water partition coefficient (Wildman–Crippen LogP) is 2.70. The summed E-state index contributed by atoms with van der Waals surface area (Å²) in [7, 11) is -3.15. The van der Waals surface area contributed by atoms with Crippen LogP contribution in [0.15, 0.2) is 48.5 Å². The van der Waals surface area contributed by atoms with Crippen LogP contribution < -0.4 is 10.6 Å². The van der Waals surface area contributed by atoms with Gasteiger partial charge in [-0.05, 0) is 25.0 Å². The molecule has 0 aliphatic rings. The molecule has 0 bridgehead atoms. The Morgan fingerprint density at radius 1 is 0.950 bits per heavy atom. The average Bonchev–Trinajstić information content (AvgIpc) is 2.38.